The van der Waals surface area contributed by atoms with Crippen molar-refractivity contribution in [2.45, 2.75) is 97.3 Å². The molecule has 3 nitrogen and oxygen atoms in total. The molecule has 3 heteroatoms. The zero-order valence-corrected chi connectivity index (χ0v) is 14.4. The van der Waals surface area contributed by atoms with E-state index in [1.54, 1.807) is 0 Å². The van der Waals surface area contributed by atoms with Crippen molar-refractivity contribution in [1.29, 1.82) is 0 Å². The van der Waals surface area contributed by atoms with Crippen molar-refractivity contribution in [3.8, 4) is 0 Å². The van der Waals surface area contributed by atoms with Crippen LogP contribution in [0.15, 0.2) is 0 Å². The first kappa shape index (κ1) is 16.8. The van der Waals surface area contributed by atoms with Crippen LogP contribution in [-0.4, -0.2) is 29.1 Å². The second kappa shape index (κ2) is 7.62. The van der Waals surface area contributed by atoms with Gasteiger partial charge in [0.05, 0.1) is 12.2 Å². The first-order valence-corrected chi connectivity index (χ1v) is 9.22. The molecule has 2 rings (SSSR count). The van der Waals surface area contributed by atoms with Crippen molar-refractivity contribution in [3.63, 3.8) is 0 Å². The van der Waals surface area contributed by atoms with Gasteiger partial charge in [0.2, 0.25) is 5.91 Å². The highest BCUT2D eigenvalue weighted by atomic mass is 16.2. The van der Waals surface area contributed by atoms with Gasteiger partial charge < -0.3 is 4.90 Å². The van der Waals surface area contributed by atoms with E-state index in [-0.39, 0.29) is 12.2 Å². The fourth-order valence-electron chi connectivity index (χ4n) is 4.30. The van der Waals surface area contributed by atoms with Crippen LogP contribution in [0.5, 0.6) is 0 Å². The minimum absolute atomic E-state index is 0.0394. The third-order valence-corrected chi connectivity index (χ3v) is 5.80. The largest absolute Gasteiger partial charge is 0.323 e. The van der Waals surface area contributed by atoms with Gasteiger partial charge >= 0.3 is 0 Å². The van der Waals surface area contributed by atoms with E-state index in [4.69, 9.17) is 0 Å². The van der Waals surface area contributed by atoms with Gasteiger partial charge in [-0.1, -0.05) is 53.4 Å². The standard InChI is InChI=1S/C18H34N2O/c1-5-13(4)17-18(21)20(16(7-3)19-17)15(6-2)14-11-9-8-10-12-14/h13-17,19H,5-12H2,1-4H3. The number of hydrogen-bond donors (Lipinski definition) is 1. The van der Waals surface area contributed by atoms with E-state index >= 15 is 0 Å². The van der Waals surface area contributed by atoms with Gasteiger partial charge in [-0.15, -0.1) is 0 Å². The molecule has 1 saturated carbocycles. The van der Waals surface area contributed by atoms with Crippen LogP contribution < -0.4 is 5.32 Å². The van der Waals surface area contributed by atoms with E-state index in [1.807, 2.05) is 0 Å². The molecule has 122 valence electrons. The Morgan fingerprint density at radius 2 is 1.81 bits per heavy atom. The molecule has 1 saturated heterocycles. The molecule has 21 heavy (non-hydrogen) atoms. The lowest BCUT2D eigenvalue weighted by Gasteiger charge is -2.39. The van der Waals surface area contributed by atoms with Crippen LogP contribution in [0.1, 0.15) is 79.1 Å². The fraction of sp³-hybridized carbons (Fsp3) is 0.944. The third-order valence-electron chi connectivity index (χ3n) is 5.80. The SMILES string of the molecule is CCC(C)C1NC(CC)N(C(CC)C2CCCCC2)C1=O. The summed E-state index contributed by atoms with van der Waals surface area (Å²) in [5, 5.41) is 3.62. The molecule has 2 fully saturated rings. The summed E-state index contributed by atoms with van der Waals surface area (Å²) in [4.78, 5) is 15.2. The maximum absolute atomic E-state index is 13.0. The van der Waals surface area contributed by atoms with Gasteiger partial charge in [0, 0.05) is 6.04 Å². The molecule has 0 aromatic rings. The molecular weight excluding hydrogens is 260 g/mol. The summed E-state index contributed by atoms with van der Waals surface area (Å²) in [5.74, 6) is 1.52. The van der Waals surface area contributed by atoms with E-state index in [0.717, 1.165) is 25.2 Å². The monoisotopic (exact) mass is 294 g/mol. The van der Waals surface area contributed by atoms with E-state index < -0.39 is 0 Å². The molecule has 0 aromatic heterocycles. The summed E-state index contributed by atoms with van der Waals surface area (Å²) in [6.07, 6.45) is 10.1. The number of hydrogen-bond acceptors (Lipinski definition) is 2. The fourth-order valence-corrected chi connectivity index (χ4v) is 4.30. The Hall–Kier alpha value is -0.570. The van der Waals surface area contributed by atoms with E-state index in [0.29, 0.717) is 17.9 Å². The Labute approximate surface area is 130 Å². The third kappa shape index (κ3) is 3.44. The van der Waals surface area contributed by atoms with Crippen molar-refractivity contribution in [2.24, 2.45) is 11.8 Å². The topological polar surface area (TPSA) is 32.3 Å². The van der Waals surface area contributed by atoms with Gasteiger partial charge in [0.1, 0.15) is 0 Å². The molecule has 2 aliphatic rings. The highest BCUT2D eigenvalue weighted by Crippen LogP contribution is 2.34. The van der Waals surface area contributed by atoms with Crippen LogP contribution in [0.25, 0.3) is 0 Å². The van der Waals surface area contributed by atoms with Crippen LogP contribution >= 0.6 is 0 Å². The summed E-state index contributed by atoms with van der Waals surface area (Å²) in [6.45, 7) is 8.84. The molecule has 0 radical (unpaired) electrons. The maximum Gasteiger partial charge on any atom is 0.241 e. The highest BCUT2D eigenvalue weighted by molar-refractivity contribution is 5.85. The predicted molar refractivity (Wildman–Crippen MR) is 88.0 cm³/mol. The number of carbonyl (C=O) groups is 1. The Kier molecular flexibility index (Phi) is 6.09. The van der Waals surface area contributed by atoms with Crippen LogP contribution in [0.2, 0.25) is 0 Å². The molecule has 0 bridgehead atoms. The number of amides is 1. The summed E-state index contributed by atoms with van der Waals surface area (Å²) in [7, 11) is 0. The quantitative estimate of drug-likeness (QED) is 0.805. The maximum atomic E-state index is 13.0. The second-order valence-electron chi connectivity index (χ2n) is 7.07. The lowest BCUT2D eigenvalue weighted by molar-refractivity contribution is -0.134. The molecular formula is C18H34N2O. The van der Waals surface area contributed by atoms with Gasteiger partial charge in [-0.3, -0.25) is 10.1 Å². The first-order valence-electron chi connectivity index (χ1n) is 9.22. The summed E-state index contributed by atoms with van der Waals surface area (Å²) < 4.78 is 0. The van der Waals surface area contributed by atoms with Gasteiger partial charge in [-0.2, -0.15) is 0 Å². The van der Waals surface area contributed by atoms with Gasteiger partial charge in [-0.05, 0) is 37.5 Å². The molecule has 4 unspecified atom stereocenters. The van der Waals surface area contributed by atoms with Crippen LogP contribution in [0.3, 0.4) is 0 Å². The van der Waals surface area contributed by atoms with Gasteiger partial charge in [-0.25, -0.2) is 0 Å². The smallest absolute Gasteiger partial charge is 0.241 e. The van der Waals surface area contributed by atoms with Crippen molar-refractivity contribution in [3.05, 3.63) is 0 Å². The van der Waals surface area contributed by atoms with E-state index in [9.17, 15) is 4.79 Å². The van der Waals surface area contributed by atoms with Crippen molar-refractivity contribution in [1.82, 2.24) is 10.2 Å². The molecule has 1 amide bonds. The molecule has 1 aliphatic carbocycles. The van der Waals surface area contributed by atoms with E-state index in [2.05, 4.69) is 37.9 Å². The number of carbonyl (C=O) groups excluding carboxylic acids is 1. The lowest BCUT2D eigenvalue weighted by Crippen LogP contribution is -2.48. The molecule has 0 spiro atoms. The van der Waals surface area contributed by atoms with Crippen LogP contribution in [0.4, 0.5) is 0 Å². The van der Waals surface area contributed by atoms with E-state index in [1.165, 1.54) is 32.1 Å². The van der Waals surface area contributed by atoms with Crippen molar-refractivity contribution >= 4 is 5.91 Å². The van der Waals surface area contributed by atoms with Gasteiger partial charge in [0.15, 0.2) is 0 Å². The molecule has 4 atom stereocenters. The normalized spacial score (nSPS) is 30.7. The Balaban J connectivity index is 2.15. The Morgan fingerprint density at radius 3 is 2.33 bits per heavy atom. The lowest BCUT2D eigenvalue weighted by atomic mass is 9.82. The van der Waals surface area contributed by atoms with Crippen LogP contribution in [-0.2, 0) is 4.79 Å². The number of nitrogens with zero attached hydrogens (tertiary/aromatic N) is 1. The number of nitrogens with one attached hydrogen (secondary N) is 1. The molecule has 0 aromatic carbocycles. The minimum atomic E-state index is 0.0394. The highest BCUT2D eigenvalue weighted by Gasteiger charge is 2.44. The summed E-state index contributed by atoms with van der Waals surface area (Å²) >= 11 is 0. The van der Waals surface area contributed by atoms with Crippen molar-refractivity contribution < 1.29 is 4.79 Å². The summed E-state index contributed by atoms with van der Waals surface area (Å²) in [5.41, 5.74) is 0. The van der Waals surface area contributed by atoms with Crippen molar-refractivity contribution in [2.75, 3.05) is 0 Å². The summed E-state index contributed by atoms with van der Waals surface area (Å²) in [6, 6.07) is 0.488. The molecule has 1 aliphatic heterocycles. The Bertz CT molecular complexity index is 338. The van der Waals surface area contributed by atoms with Crippen LogP contribution in [0, 0.1) is 11.8 Å². The second-order valence-corrected chi connectivity index (χ2v) is 7.07. The predicted octanol–water partition coefficient (Wildman–Crippen LogP) is 3.93. The average Bonchev–Trinajstić information content (AvgIpc) is 2.86. The zero-order valence-electron chi connectivity index (χ0n) is 14.4. The minimum Gasteiger partial charge on any atom is -0.323 e. The molecule has 1 N–H and O–H groups in total. The first-order chi connectivity index (χ1) is 10.1. The number of rotatable bonds is 6. The van der Waals surface area contributed by atoms with Gasteiger partial charge in [0.25, 0.3) is 0 Å². The molecule has 1 heterocycles. The Morgan fingerprint density at radius 1 is 1.14 bits per heavy atom. The zero-order chi connectivity index (χ0) is 15.4. The average molecular weight is 294 g/mol.